The minimum Gasteiger partial charge on any atom is -0.367 e. The second kappa shape index (κ2) is 8.28. The van der Waals surface area contributed by atoms with Crippen molar-refractivity contribution in [2.75, 3.05) is 11.9 Å². The van der Waals surface area contributed by atoms with Gasteiger partial charge in [0.1, 0.15) is 17.9 Å². The van der Waals surface area contributed by atoms with Crippen LogP contribution in [0.25, 0.3) is 0 Å². The Morgan fingerprint density at radius 1 is 1.52 bits per heavy atom. The number of nitrogens with zero attached hydrogens (tertiary/aromatic N) is 2. The summed E-state index contributed by atoms with van der Waals surface area (Å²) in [7, 11) is -3.94. The lowest BCUT2D eigenvalue weighted by Crippen LogP contribution is -2.23. The van der Waals surface area contributed by atoms with Crippen LogP contribution in [0.1, 0.15) is 36.5 Å². The summed E-state index contributed by atoms with van der Waals surface area (Å²) in [6, 6.07) is 0.0198. The van der Waals surface area contributed by atoms with E-state index in [4.69, 9.17) is 10.5 Å². The van der Waals surface area contributed by atoms with E-state index in [-0.39, 0.29) is 29.8 Å². The van der Waals surface area contributed by atoms with Gasteiger partial charge in [0.05, 0.1) is 12.2 Å². The van der Waals surface area contributed by atoms with Gasteiger partial charge in [-0.1, -0.05) is 6.08 Å². The lowest BCUT2D eigenvalue weighted by molar-refractivity contribution is 0.106. The summed E-state index contributed by atoms with van der Waals surface area (Å²) in [4.78, 5) is 20.3. The molecular formula is C15H21N5O4S. The van der Waals surface area contributed by atoms with Gasteiger partial charge in [-0.3, -0.25) is 14.4 Å². The summed E-state index contributed by atoms with van der Waals surface area (Å²) < 4.78 is 26.4. The molecule has 1 fully saturated rings. The van der Waals surface area contributed by atoms with Crippen molar-refractivity contribution in [2.45, 2.75) is 32.2 Å². The molecule has 0 amide bonds. The maximum absolute atomic E-state index is 12.3. The summed E-state index contributed by atoms with van der Waals surface area (Å²) in [6.45, 7) is 1.77. The number of rotatable bonds is 8. The Balaban J connectivity index is 2.02. The number of carbonyl (C=O) groups excluding carboxylic acids is 1. The third-order valence-corrected chi connectivity index (χ3v) is 4.35. The van der Waals surface area contributed by atoms with Gasteiger partial charge in [0, 0.05) is 12.2 Å². The number of allylic oxidation sites excluding steroid dienone is 2. The molecule has 1 aliphatic carbocycles. The van der Waals surface area contributed by atoms with Crippen LogP contribution < -0.4 is 10.5 Å². The van der Waals surface area contributed by atoms with Gasteiger partial charge in [-0.15, -0.1) is 0 Å². The number of aromatic nitrogens is 2. The largest absolute Gasteiger partial charge is 0.367 e. The first kappa shape index (κ1) is 19.2. The molecule has 4 N–H and O–H groups in total. The zero-order valence-electron chi connectivity index (χ0n) is 13.8. The van der Waals surface area contributed by atoms with E-state index in [0.29, 0.717) is 12.2 Å². The average Bonchev–Trinajstić information content (AvgIpc) is 3.00. The Morgan fingerprint density at radius 3 is 2.96 bits per heavy atom. The quantitative estimate of drug-likeness (QED) is 0.459. The highest BCUT2D eigenvalue weighted by Crippen LogP contribution is 2.29. The molecule has 0 aromatic carbocycles. The molecule has 25 heavy (non-hydrogen) atoms. The van der Waals surface area contributed by atoms with Gasteiger partial charge in [0.15, 0.2) is 0 Å². The molecule has 0 radical (unpaired) electrons. The minimum absolute atomic E-state index is 0.0198. The Labute approximate surface area is 146 Å². The molecule has 1 aromatic heterocycles. The second-order valence-corrected chi connectivity index (χ2v) is 7.05. The summed E-state index contributed by atoms with van der Waals surface area (Å²) in [5, 5.41) is 15.8. The zero-order chi connectivity index (χ0) is 18.4. The maximum atomic E-state index is 12.3. The number of anilines is 1. The second-order valence-electron chi connectivity index (χ2n) is 5.83. The number of hydrogen-bond acceptors (Lipinski definition) is 8. The van der Waals surface area contributed by atoms with Gasteiger partial charge < -0.3 is 5.32 Å². The van der Waals surface area contributed by atoms with Crippen LogP contribution >= 0.6 is 0 Å². The molecule has 1 aromatic rings. The number of nitrogens with one attached hydrogen (secondary N) is 2. The van der Waals surface area contributed by atoms with Gasteiger partial charge in [-0.2, -0.15) is 8.42 Å². The molecule has 1 heterocycles. The van der Waals surface area contributed by atoms with E-state index in [2.05, 4.69) is 19.5 Å². The van der Waals surface area contributed by atoms with E-state index >= 15 is 0 Å². The fourth-order valence-corrected chi connectivity index (χ4v) is 3.12. The fourth-order valence-electron chi connectivity index (χ4n) is 2.74. The highest BCUT2D eigenvalue weighted by atomic mass is 32.2. The van der Waals surface area contributed by atoms with E-state index in [1.54, 1.807) is 13.0 Å². The van der Waals surface area contributed by atoms with E-state index in [1.807, 2.05) is 0 Å². The van der Waals surface area contributed by atoms with Gasteiger partial charge in [-0.05, 0) is 38.2 Å². The molecule has 2 atom stereocenters. The van der Waals surface area contributed by atoms with Gasteiger partial charge in [0.2, 0.25) is 5.78 Å². The molecule has 1 saturated carbocycles. The topological polar surface area (TPSA) is 148 Å². The van der Waals surface area contributed by atoms with Crippen molar-refractivity contribution in [3.8, 4) is 0 Å². The number of carbonyl (C=O) groups is 1. The van der Waals surface area contributed by atoms with Crippen molar-refractivity contribution in [2.24, 2.45) is 11.1 Å². The van der Waals surface area contributed by atoms with Crippen molar-refractivity contribution < 1.29 is 17.4 Å². The van der Waals surface area contributed by atoms with Crippen molar-refractivity contribution in [1.82, 2.24) is 9.97 Å². The van der Waals surface area contributed by atoms with Crippen LogP contribution in [0.4, 0.5) is 5.82 Å². The van der Waals surface area contributed by atoms with Crippen molar-refractivity contribution in [1.29, 1.82) is 5.41 Å². The lowest BCUT2D eigenvalue weighted by Gasteiger charge is -2.15. The molecule has 0 spiro atoms. The Morgan fingerprint density at radius 2 is 2.28 bits per heavy atom. The van der Waals surface area contributed by atoms with Crippen LogP contribution in [0, 0.1) is 11.3 Å². The molecule has 0 aliphatic heterocycles. The number of nitrogens with two attached hydrogens (primary N) is 1. The molecule has 0 bridgehead atoms. The van der Waals surface area contributed by atoms with Crippen molar-refractivity contribution in [3.63, 3.8) is 0 Å². The summed E-state index contributed by atoms with van der Waals surface area (Å²) in [5.41, 5.74) is 0.0843. The molecule has 10 heteroatoms. The van der Waals surface area contributed by atoms with Crippen LogP contribution in [0.2, 0.25) is 0 Å². The standard InChI is InChI=1S/C15H21N5O4S/c1-2-3-13(16)14(21)12-7-18-9-19-15(12)20-11-5-4-10(6-11)8-24-25(17,22)23/h2-3,7,9-11,16H,4-6,8H2,1H3,(H2,17,22,23)(H,18,19,20). The monoisotopic (exact) mass is 367 g/mol. The fraction of sp³-hybridized carbons (Fsp3) is 0.467. The predicted molar refractivity (Wildman–Crippen MR) is 92.7 cm³/mol. The zero-order valence-corrected chi connectivity index (χ0v) is 14.6. The maximum Gasteiger partial charge on any atom is 0.333 e. The Bertz CT molecular complexity index is 778. The molecule has 1 aliphatic rings. The van der Waals surface area contributed by atoms with E-state index in [0.717, 1.165) is 12.8 Å². The van der Waals surface area contributed by atoms with E-state index in [9.17, 15) is 13.2 Å². The first-order chi connectivity index (χ1) is 11.8. The SMILES string of the molecule is CC=CC(=N)C(=O)c1cncnc1NC1CCC(COS(N)(=O)=O)C1. The Hall–Kier alpha value is -2.17. The van der Waals surface area contributed by atoms with Gasteiger partial charge in [-0.25, -0.2) is 15.1 Å². The lowest BCUT2D eigenvalue weighted by atomic mass is 10.1. The normalized spacial score (nSPS) is 20.7. The third kappa shape index (κ3) is 5.69. The highest BCUT2D eigenvalue weighted by Gasteiger charge is 2.27. The average molecular weight is 367 g/mol. The number of ketones is 1. The Kier molecular flexibility index (Phi) is 6.34. The van der Waals surface area contributed by atoms with Gasteiger partial charge in [0.25, 0.3) is 0 Å². The smallest absolute Gasteiger partial charge is 0.333 e. The van der Waals surface area contributed by atoms with Crippen LogP contribution in [0.5, 0.6) is 0 Å². The molecule has 136 valence electrons. The van der Waals surface area contributed by atoms with Crippen LogP contribution in [-0.4, -0.2) is 42.5 Å². The number of Topliss-reactive ketones (excluding diaryl/α,β-unsaturated/α-hetero) is 1. The highest BCUT2D eigenvalue weighted by molar-refractivity contribution is 7.84. The van der Waals surface area contributed by atoms with Crippen LogP contribution in [0.15, 0.2) is 24.7 Å². The molecule has 9 nitrogen and oxygen atoms in total. The first-order valence-electron chi connectivity index (χ1n) is 7.79. The molecule has 2 rings (SSSR count). The molecule has 0 saturated heterocycles. The van der Waals surface area contributed by atoms with Gasteiger partial charge >= 0.3 is 10.3 Å². The van der Waals surface area contributed by atoms with Crippen LogP contribution in [0.3, 0.4) is 0 Å². The summed E-state index contributed by atoms with van der Waals surface area (Å²) in [5.74, 6) is -0.0429. The van der Waals surface area contributed by atoms with Crippen molar-refractivity contribution in [3.05, 3.63) is 30.2 Å². The van der Waals surface area contributed by atoms with Crippen LogP contribution in [-0.2, 0) is 14.5 Å². The van der Waals surface area contributed by atoms with Crippen molar-refractivity contribution >= 4 is 27.6 Å². The first-order valence-corrected chi connectivity index (χ1v) is 9.27. The minimum atomic E-state index is -3.94. The molecule has 2 unspecified atom stereocenters. The summed E-state index contributed by atoms with van der Waals surface area (Å²) in [6.07, 6.45) is 7.96. The molecular weight excluding hydrogens is 346 g/mol. The van der Waals surface area contributed by atoms with E-state index < -0.39 is 16.1 Å². The summed E-state index contributed by atoms with van der Waals surface area (Å²) >= 11 is 0. The number of hydrogen-bond donors (Lipinski definition) is 3. The van der Waals surface area contributed by atoms with E-state index in [1.165, 1.54) is 18.6 Å². The predicted octanol–water partition coefficient (Wildman–Crippen LogP) is 1.06. The third-order valence-electron chi connectivity index (χ3n) is 3.88.